The largest absolute Gasteiger partial charge is 0.374 e. The van der Waals surface area contributed by atoms with Gasteiger partial charge in [-0.15, -0.1) is 0 Å². The fraction of sp³-hybridized carbons (Fsp3) is 0.800. The van der Waals surface area contributed by atoms with Crippen LogP contribution in [0.25, 0.3) is 0 Å². The zero-order valence-corrected chi connectivity index (χ0v) is 16.4. The lowest BCUT2D eigenvalue weighted by Gasteiger charge is -2.44. The van der Waals surface area contributed by atoms with E-state index in [1.54, 1.807) is 13.4 Å². The highest BCUT2D eigenvalue weighted by Gasteiger charge is 2.40. The topological polar surface area (TPSA) is 57.1 Å². The molecule has 124 valence electrons. The molecule has 3 atom stereocenters. The van der Waals surface area contributed by atoms with E-state index in [1.165, 1.54) is 0 Å². The normalized spacial score (nSPS) is 19.1. The molecule has 0 fully saturated rings. The summed E-state index contributed by atoms with van der Waals surface area (Å²) >= 11 is 2.19. The van der Waals surface area contributed by atoms with Gasteiger partial charge in [0.2, 0.25) is 0 Å². The Kier molecular flexibility index (Phi) is 8.99. The van der Waals surface area contributed by atoms with Gasteiger partial charge in [-0.3, -0.25) is 9.89 Å². The average Bonchev–Trinajstić information content (AvgIpc) is 2.38. The molecule has 0 aromatic rings. The van der Waals surface area contributed by atoms with E-state index in [-0.39, 0.29) is 5.92 Å². The van der Waals surface area contributed by atoms with Gasteiger partial charge >= 0.3 is 0 Å². The van der Waals surface area contributed by atoms with E-state index < -0.39 is 17.4 Å². The van der Waals surface area contributed by atoms with Crippen LogP contribution in [0.2, 0.25) is 0 Å². The van der Waals surface area contributed by atoms with Crippen molar-refractivity contribution in [3.63, 3.8) is 0 Å². The van der Waals surface area contributed by atoms with Crippen LogP contribution >= 0.6 is 22.6 Å². The Labute approximate surface area is 143 Å². The summed E-state index contributed by atoms with van der Waals surface area (Å²) in [6, 6.07) is 0. The van der Waals surface area contributed by atoms with Crippen molar-refractivity contribution in [2.75, 3.05) is 27.7 Å². The molecule has 0 aromatic carbocycles. The van der Waals surface area contributed by atoms with E-state index in [4.69, 9.17) is 4.74 Å². The predicted octanol–water partition coefficient (Wildman–Crippen LogP) is 2.25. The lowest BCUT2D eigenvalue weighted by atomic mass is 9.91. The molecule has 0 aliphatic heterocycles. The molecule has 21 heavy (non-hydrogen) atoms. The summed E-state index contributed by atoms with van der Waals surface area (Å²) in [7, 11) is 5.56. The molecule has 0 heterocycles. The Morgan fingerprint density at radius 1 is 1.38 bits per heavy atom. The van der Waals surface area contributed by atoms with Gasteiger partial charge in [0.25, 0.3) is 0 Å². The standard InChI is InChI=1S/C15H30IN3O2/c1-12(8-9-16)14(2,3)21-13(20)15(4,19(6)7)10-18-11-17-5/h8-9,11-13,20H,10H2,1-7H3,(H,17,18)/b9-8-/t12-,13?,15?/m0/s1. The van der Waals surface area contributed by atoms with E-state index in [1.807, 2.05) is 43.8 Å². The third-order valence-corrected chi connectivity index (χ3v) is 4.52. The van der Waals surface area contributed by atoms with Gasteiger partial charge in [0.15, 0.2) is 6.29 Å². The number of hydrogen-bond acceptors (Lipinski definition) is 4. The fourth-order valence-electron chi connectivity index (χ4n) is 1.67. The molecule has 2 unspecified atom stereocenters. The molecule has 0 saturated heterocycles. The molecular weight excluding hydrogens is 381 g/mol. The molecule has 5 nitrogen and oxygen atoms in total. The van der Waals surface area contributed by atoms with Crippen LogP contribution in [0.4, 0.5) is 0 Å². The molecular formula is C15H30IN3O2. The van der Waals surface area contributed by atoms with Crippen LogP contribution in [-0.4, -0.2) is 61.5 Å². The number of hydrogen-bond donors (Lipinski definition) is 2. The highest BCUT2D eigenvalue weighted by Crippen LogP contribution is 2.28. The van der Waals surface area contributed by atoms with E-state index >= 15 is 0 Å². The average molecular weight is 411 g/mol. The molecule has 6 heteroatoms. The second-order valence-corrected chi connectivity index (χ2v) is 6.92. The van der Waals surface area contributed by atoms with Crippen LogP contribution < -0.4 is 5.32 Å². The molecule has 0 aromatic heterocycles. The Balaban J connectivity index is 5.01. The van der Waals surface area contributed by atoms with Crippen LogP contribution in [0.3, 0.4) is 0 Å². The first kappa shape index (κ1) is 20.8. The maximum atomic E-state index is 10.6. The van der Waals surface area contributed by atoms with Gasteiger partial charge in [0, 0.05) is 19.5 Å². The van der Waals surface area contributed by atoms with Crippen LogP contribution in [0, 0.1) is 5.92 Å². The number of likely N-dealkylation sites (N-methyl/N-ethyl adjacent to an activating group) is 1. The van der Waals surface area contributed by atoms with Crippen molar-refractivity contribution in [3.8, 4) is 0 Å². The number of halogens is 1. The number of aliphatic imine (C=N–C) groups is 1. The Morgan fingerprint density at radius 2 is 1.95 bits per heavy atom. The summed E-state index contributed by atoms with van der Waals surface area (Å²) in [5.74, 6) is 0.195. The van der Waals surface area contributed by atoms with E-state index in [0.717, 1.165) is 0 Å². The highest BCUT2D eigenvalue weighted by molar-refractivity contribution is 14.1. The summed E-state index contributed by atoms with van der Waals surface area (Å²) in [6.45, 7) is 8.56. The number of aliphatic hydroxyl groups excluding tert-OH is 1. The number of ether oxygens (including phenoxy) is 1. The zero-order valence-electron chi connectivity index (χ0n) is 14.2. The molecule has 0 amide bonds. The number of rotatable bonds is 9. The monoisotopic (exact) mass is 411 g/mol. The highest BCUT2D eigenvalue weighted by atomic mass is 127. The second kappa shape index (κ2) is 9.07. The number of aliphatic hydroxyl groups is 1. The quantitative estimate of drug-likeness (QED) is 0.265. The van der Waals surface area contributed by atoms with Gasteiger partial charge < -0.3 is 15.2 Å². The van der Waals surface area contributed by atoms with Crippen LogP contribution in [-0.2, 0) is 4.74 Å². The lowest BCUT2D eigenvalue weighted by Crippen LogP contribution is -2.60. The third kappa shape index (κ3) is 6.22. The predicted molar refractivity (Wildman–Crippen MR) is 98.0 cm³/mol. The van der Waals surface area contributed by atoms with Gasteiger partial charge in [0.05, 0.1) is 17.5 Å². The molecule has 0 saturated carbocycles. The minimum atomic E-state index is -0.926. The molecule has 0 bridgehead atoms. The summed E-state index contributed by atoms with van der Waals surface area (Å²) < 4.78 is 7.96. The van der Waals surface area contributed by atoms with Crippen molar-refractivity contribution < 1.29 is 9.84 Å². The van der Waals surface area contributed by atoms with Crippen molar-refractivity contribution >= 4 is 28.9 Å². The molecule has 0 rings (SSSR count). The van der Waals surface area contributed by atoms with Crippen molar-refractivity contribution in [1.82, 2.24) is 10.2 Å². The maximum absolute atomic E-state index is 10.6. The Bertz CT molecular complexity index is 359. The lowest BCUT2D eigenvalue weighted by molar-refractivity contribution is -0.231. The van der Waals surface area contributed by atoms with Crippen LogP contribution in [0.15, 0.2) is 15.2 Å². The molecule has 2 N–H and O–H groups in total. The van der Waals surface area contributed by atoms with Gasteiger partial charge in [-0.2, -0.15) is 0 Å². The number of nitrogens with one attached hydrogen (secondary N) is 1. The molecule has 0 radical (unpaired) electrons. The van der Waals surface area contributed by atoms with E-state index in [9.17, 15) is 5.11 Å². The van der Waals surface area contributed by atoms with Crippen LogP contribution in [0.1, 0.15) is 27.7 Å². The molecule has 0 spiro atoms. The minimum Gasteiger partial charge on any atom is -0.374 e. The number of nitrogens with zero attached hydrogens (tertiary/aromatic N) is 2. The minimum absolute atomic E-state index is 0.195. The SMILES string of the molecule is CN=CNCC(C)(C(O)OC(C)(C)[C@@H](C)/C=C\I)N(C)C. The summed E-state index contributed by atoms with van der Waals surface area (Å²) in [4.78, 5) is 5.86. The van der Waals surface area contributed by atoms with Crippen molar-refractivity contribution in [3.05, 3.63) is 10.2 Å². The Hall–Kier alpha value is -0.180. The summed E-state index contributed by atoms with van der Waals surface area (Å²) in [5, 5.41) is 13.7. The maximum Gasteiger partial charge on any atom is 0.175 e. The smallest absolute Gasteiger partial charge is 0.175 e. The van der Waals surface area contributed by atoms with Crippen molar-refractivity contribution in [1.29, 1.82) is 0 Å². The van der Waals surface area contributed by atoms with Crippen LogP contribution in [0.5, 0.6) is 0 Å². The zero-order chi connectivity index (χ0) is 16.7. The van der Waals surface area contributed by atoms with E-state index in [0.29, 0.717) is 6.54 Å². The van der Waals surface area contributed by atoms with Gasteiger partial charge in [-0.25, -0.2) is 0 Å². The first-order valence-corrected chi connectivity index (χ1v) is 8.30. The second-order valence-electron chi connectivity index (χ2n) is 6.20. The third-order valence-electron chi connectivity index (χ3n) is 4.11. The van der Waals surface area contributed by atoms with Gasteiger partial charge in [-0.1, -0.05) is 35.6 Å². The van der Waals surface area contributed by atoms with Crippen molar-refractivity contribution in [2.45, 2.75) is 45.1 Å². The summed E-state index contributed by atoms with van der Waals surface area (Å²) in [6.07, 6.45) is 2.77. The molecule has 0 aliphatic carbocycles. The summed E-state index contributed by atoms with van der Waals surface area (Å²) in [5.41, 5.74) is -1.02. The first-order chi connectivity index (χ1) is 9.61. The fourth-order valence-corrected chi connectivity index (χ4v) is 2.30. The Morgan fingerprint density at radius 3 is 2.38 bits per heavy atom. The first-order valence-electron chi connectivity index (χ1n) is 7.06. The van der Waals surface area contributed by atoms with Crippen molar-refractivity contribution in [2.24, 2.45) is 10.9 Å². The van der Waals surface area contributed by atoms with Gasteiger partial charge in [-0.05, 0) is 38.9 Å². The van der Waals surface area contributed by atoms with Gasteiger partial charge in [0.1, 0.15) is 0 Å². The molecule has 0 aliphatic rings. The van der Waals surface area contributed by atoms with E-state index in [2.05, 4.69) is 45.9 Å².